The van der Waals surface area contributed by atoms with Crippen LogP contribution in [0.1, 0.15) is 6.92 Å². The van der Waals surface area contributed by atoms with Crippen molar-refractivity contribution in [3.8, 4) is 0 Å². The first kappa shape index (κ1) is 13.8. The van der Waals surface area contributed by atoms with E-state index in [9.17, 15) is 23.7 Å². The normalized spacial score (nSPS) is 9.94. The van der Waals surface area contributed by atoms with Crippen molar-refractivity contribution in [3.63, 3.8) is 0 Å². The molecule has 0 bridgehead atoms. The minimum absolute atomic E-state index is 0.308. The van der Waals surface area contributed by atoms with Crippen molar-refractivity contribution in [3.05, 3.63) is 33.9 Å². The van der Waals surface area contributed by atoms with Gasteiger partial charge in [0.15, 0.2) is 0 Å². The first-order valence-electron chi connectivity index (χ1n) is 5.09. The van der Waals surface area contributed by atoms with E-state index in [1.165, 1.54) is 0 Å². The Labute approximate surface area is 101 Å². The van der Waals surface area contributed by atoms with Crippen molar-refractivity contribution >= 4 is 17.3 Å². The zero-order chi connectivity index (χ0) is 13.7. The minimum atomic E-state index is -1.29. The number of amides is 1. The Morgan fingerprint density at radius 3 is 2.67 bits per heavy atom. The summed E-state index contributed by atoms with van der Waals surface area (Å²) in [5.74, 6) is -2.69. The molecule has 1 rings (SSSR count). The molecule has 0 fully saturated rings. The van der Waals surface area contributed by atoms with Crippen LogP contribution in [0.15, 0.2) is 12.1 Å². The molecule has 98 valence electrons. The van der Waals surface area contributed by atoms with Gasteiger partial charge >= 0.3 is 5.69 Å². The van der Waals surface area contributed by atoms with Gasteiger partial charge in [-0.15, -0.1) is 0 Å². The van der Waals surface area contributed by atoms with Crippen molar-refractivity contribution in [1.82, 2.24) is 5.32 Å². The lowest BCUT2D eigenvalue weighted by molar-refractivity contribution is -0.386. The summed E-state index contributed by atoms with van der Waals surface area (Å²) in [7, 11) is 0. The van der Waals surface area contributed by atoms with Crippen LogP contribution < -0.4 is 10.6 Å². The molecular formula is C10H11F2N3O3. The van der Waals surface area contributed by atoms with Crippen LogP contribution >= 0.6 is 0 Å². The number of benzene rings is 1. The van der Waals surface area contributed by atoms with Gasteiger partial charge in [-0.1, -0.05) is 0 Å². The largest absolute Gasteiger partial charge is 0.370 e. The number of nitrogens with one attached hydrogen (secondary N) is 2. The Hall–Kier alpha value is -2.25. The predicted octanol–water partition coefficient (Wildman–Crippen LogP) is 1.42. The second-order valence-corrected chi connectivity index (χ2v) is 3.35. The Morgan fingerprint density at radius 2 is 2.11 bits per heavy atom. The quantitative estimate of drug-likeness (QED) is 0.618. The summed E-state index contributed by atoms with van der Waals surface area (Å²) in [6.45, 7) is 1.78. The van der Waals surface area contributed by atoms with E-state index >= 15 is 0 Å². The summed E-state index contributed by atoms with van der Waals surface area (Å²) >= 11 is 0. The van der Waals surface area contributed by atoms with Crippen molar-refractivity contribution < 1.29 is 18.5 Å². The van der Waals surface area contributed by atoms with Crippen LogP contribution in [0.4, 0.5) is 20.2 Å². The van der Waals surface area contributed by atoms with Crippen molar-refractivity contribution in [2.75, 3.05) is 18.4 Å². The fourth-order valence-corrected chi connectivity index (χ4v) is 1.32. The molecular weight excluding hydrogens is 248 g/mol. The van der Waals surface area contributed by atoms with Crippen molar-refractivity contribution in [2.45, 2.75) is 6.92 Å². The number of carbonyl (C=O) groups is 1. The lowest BCUT2D eigenvalue weighted by Crippen LogP contribution is -2.29. The smallest absolute Gasteiger partial charge is 0.327 e. The predicted molar refractivity (Wildman–Crippen MR) is 60.2 cm³/mol. The summed E-state index contributed by atoms with van der Waals surface area (Å²) in [4.78, 5) is 20.8. The Balaban J connectivity index is 2.93. The highest BCUT2D eigenvalue weighted by atomic mass is 19.1. The van der Waals surface area contributed by atoms with Crippen LogP contribution in [0, 0.1) is 21.7 Å². The van der Waals surface area contributed by atoms with Gasteiger partial charge in [-0.25, -0.2) is 4.39 Å². The molecule has 1 aromatic carbocycles. The Bertz CT molecular complexity index is 480. The number of halogens is 2. The van der Waals surface area contributed by atoms with Crippen LogP contribution in [0.5, 0.6) is 0 Å². The molecule has 0 aliphatic carbocycles. The molecule has 1 amide bonds. The molecule has 0 spiro atoms. The molecule has 0 aliphatic rings. The number of anilines is 1. The lowest BCUT2D eigenvalue weighted by Gasteiger charge is -2.07. The first-order chi connectivity index (χ1) is 8.45. The molecule has 18 heavy (non-hydrogen) atoms. The zero-order valence-electron chi connectivity index (χ0n) is 9.50. The second-order valence-electron chi connectivity index (χ2n) is 3.35. The molecule has 0 saturated heterocycles. The number of rotatable bonds is 5. The average Bonchev–Trinajstić information content (AvgIpc) is 2.25. The summed E-state index contributed by atoms with van der Waals surface area (Å²) in [5.41, 5.74) is -1.26. The summed E-state index contributed by atoms with van der Waals surface area (Å²) in [6.07, 6.45) is 0. The lowest BCUT2D eigenvalue weighted by atomic mass is 10.2. The fourth-order valence-electron chi connectivity index (χ4n) is 1.32. The van der Waals surface area contributed by atoms with E-state index in [2.05, 4.69) is 10.6 Å². The maximum Gasteiger partial charge on any atom is 0.327 e. The van der Waals surface area contributed by atoms with Crippen LogP contribution in [-0.4, -0.2) is 23.9 Å². The van der Waals surface area contributed by atoms with Gasteiger partial charge in [-0.3, -0.25) is 14.9 Å². The number of likely N-dealkylation sites (N-methyl/N-ethyl adjacent to an activating group) is 1. The van der Waals surface area contributed by atoms with Gasteiger partial charge in [0.05, 0.1) is 11.5 Å². The third-order valence-electron chi connectivity index (χ3n) is 2.02. The van der Waals surface area contributed by atoms with Gasteiger partial charge in [-0.05, 0) is 6.92 Å². The molecule has 0 heterocycles. The number of nitro groups is 1. The van der Waals surface area contributed by atoms with Gasteiger partial charge in [0, 0.05) is 18.7 Å². The number of hydrogen-bond acceptors (Lipinski definition) is 4. The Kier molecular flexibility index (Phi) is 4.52. The van der Waals surface area contributed by atoms with Gasteiger partial charge < -0.3 is 10.6 Å². The maximum absolute atomic E-state index is 13.2. The van der Waals surface area contributed by atoms with E-state index in [0.717, 1.165) is 6.07 Å². The monoisotopic (exact) mass is 259 g/mol. The van der Waals surface area contributed by atoms with Crippen molar-refractivity contribution in [1.29, 1.82) is 0 Å². The molecule has 0 aromatic heterocycles. The van der Waals surface area contributed by atoms with Gasteiger partial charge in [0.25, 0.3) is 0 Å². The topological polar surface area (TPSA) is 84.3 Å². The zero-order valence-corrected chi connectivity index (χ0v) is 9.50. The standard InChI is InChI=1S/C10H11F2N3O3/c1-2-13-9(16)5-14-8-4-6(11)3-7(12)10(8)15(17)18/h3-4,14H,2,5H2,1H3,(H,13,16). The highest BCUT2D eigenvalue weighted by molar-refractivity contribution is 5.81. The molecule has 0 unspecified atom stereocenters. The highest BCUT2D eigenvalue weighted by Gasteiger charge is 2.22. The van der Waals surface area contributed by atoms with Crippen LogP contribution in [0.3, 0.4) is 0 Å². The number of nitro benzene ring substituents is 1. The van der Waals surface area contributed by atoms with Gasteiger partial charge in [-0.2, -0.15) is 4.39 Å². The first-order valence-corrected chi connectivity index (χ1v) is 5.09. The fraction of sp³-hybridized carbons (Fsp3) is 0.300. The summed E-state index contributed by atoms with van der Waals surface area (Å²) in [5, 5.41) is 15.4. The molecule has 1 aromatic rings. The van der Waals surface area contributed by atoms with Crippen LogP contribution in [0.25, 0.3) is 0 Å². The van der Waals surface area contributed by atoms with Gasteiger partial charge in [0.2, 0.25) is 11.7 Å². The third kappa shape index (κ3) is 3.37. The van der Waals surface area contributed by atoms with E-state index in [1.54, 1.807) is 6.92 Å². The molecule has 2 N–H and O–H groups in total. The molecule has 6 nitrogen and oxygen atoms in total. The number of hydrogen-bond donors (Lipinski definition) is 2. The van der Waals surface area contributed by atoms with E-state index in [0.29, 0.717) is 12.6 Å². The molecule has 0 aliphatic heterocycles. The highest BCUT2D eigenvalue weighted by Crippen LogP contribution is 2.28. The maximum atomic E-state index is 13.2. The van der Waals surface area contributed by atoms with E-state index < -0.39 is 28.2 Å². The van der Waals surface area contributed by atoms with Crippen LogP contribution in [-0.2, 0) is 4.79 Å². The SMILES string of the molecule is CCNC(=O)CNc1cc(F)cc(F)c1[N+](=O)[O-]. The summed E-state index contributed by atoms with van der Waals surface area (Å²) < 4.78 is 26.2. The van der Waals surface area contributed by atoms with Gasteiger partial charge in [0.1, 0.15) is 11.5 Å². The van der Waals surface area contributed by atoms with E-state index in [-0.39, 0.29) is 12.2 Å². The molecule has 8 heteroatoms. The van der Waals surface area contributed by atoms with E-state index in [1.807, 2.05) is 0 Å². The molecule has 0 radical (unpaired) electrons. The molecule has 0 saturated carbocycles. The van der Waals surface area contributed by atoms with Crippen LogP contribution in [0.2, 0.25) is 0 Å². The molecule has 0 atom stereocenters. The minimum Gasteiger partial charge on any atom is -0.370 e. The van der Waals surface area contributed by atoms with Crippen molar-refractivity contribution in [2.24, 2.45) is 0 Å². The average molecular weight is 259 g/mol. The second kappa shape index (κ2) is 5.89. The summed E-state index contributed by atoms with van der Waals surface area (Å²) in [6, 6.07) is 1.18. The van der Waals surface area contributed by atoms with E-state index in [4.69, 9.17) is 0 Å². The number of carbonyl (C=O) groups excluding carboxylic acids is 1. The third-order valence-corrected chi connectivity index (χ3v) is 2.02. The Morgan fingerprint density at radius 1 is 1.44 bits per heavy atom. The number of nitrogens with zero attached hydrogens (tertiary/aromatic N) is 1.